The van der Waals surface area contributed by atoms with Crippen LogP contribution in [-0.4, -0.2) is 32.8 Å². The van der Waals surface area contributed by atoms with Crippen molar-refractivity contribution in [1.29, 1.82) is 0 Å². The first-order chi connectivity index (χ1) is 8.22. The number of hydrogen-bond acceptors (Lipinski definition) is 4. The van der Waals surface area contributed by atoms with Crippen LogP contribution in [0.5, 0.6) is 11.5 Å². The Balaban J connectivity index is 2.74. The molecule has 3 nitrogen and oxygen atoms in total. The third-order valence-corrected chi connectivity index (χ3v) is 3.31. The third kappa shape index (κ3) is 4.21. The molecule has 17 heavy (non-hydrogen) atoms. The van der Waals surface area contributed by atoms with Crippen LogP contribution >= 0.6 is 23.4 Å². The van der Waals surface area contributed by atoms with Crippen molar-refractivity contribution < 1.29 is 9.47 Å². The van der Waals surface area contributed by atoms with Gasteiger partial charge < -0.3 is 14.8 Å². The lowest BCUT2D eigenvalue weighted by molar-refractivity contribution is 0.404. The van der Waals surface area contributed by atoms with Gasteiger partial charge in [0.2, 0.25) is 0 Å². The summed E-state index contributed by atoms with van der Waals surface area (Å²) in [5.41, 5.74) is 0.912. The van der Waals surface area contributed by atoms with Gasteiger partial charge in [-0.2, -0.15) is 11.8 Å². The number of rotatable bonds is 7. The number of hydrogen-bond donors (Lipinski definition) is 1. The van der Waals surface area contributed by atoms with Crippen molar-refractivity contribution in [1.82, 2.24) is 0 Å². The zero-order valence-corrected chi connectivity index (χ0v) is 12.0. The minimum atomic E-state index is 0.555. The fourth-order valence-corrected chi connectivity index (χ4v) is 2.10. The van der Waals surface area contributed by atoms with Gasteiger partial charge in [0.05, 0.1) is 24.9 Å². The Morgan fingerprint density at radius 3 is 2.53 bits per heavy atom. The van der Waals surface area contributed by atoms with Crippen LogP contribution in [0.25, 0.3) is 0 Å². The van der Waals surface area contributed by atoms with Crippen LogP contribution in [0.4, 0.5) is 5.69 Å². The molecule has 0 aromatic heterocycles. The molecule has 0 amide bonds. The number of nitrogens with one attached hydrogen (secondary N) is 1. The van der Waals surface area contributed by atoms with Gasteiger partial charge in [0.15, 0.2) is 0 Å². The van der Waals surface area contributed by atoms with Crippen molar-refractivity contribution >= 4 is 29.1 Å². The van der Waals surface area contributed by atoms with E-state index in [0.717, 1.165) is 30.2 Å². The van der Waals surface area contributed by atoms with Gasteiger partial charge in [-0.05, 0) is 18.4 Å². The second kappa shape index (κ2) is 7.56. The molecule has 0 atom stereocenters. The lowest BCUT2D eigenvalue weighted by Gasteiger charge is -2.13. The summed E-state index contributed by atoms with van der Waals surface area (Å²) in [6.45, 7) is 0.905. The summed E-state index contributed by atoms with van der Waals surface area (Å²) in [6, 6.07) is 3.62. The van der Waals surface area contributed by atoms with E-state index in [1.807, 2.05) is 17.8 Å². The minimum absolute atomic E-state index is 0.555. The average molecular weight is 276 g/mol. The first kappa shape index (κ1) is 14.3. The Morgan fingerprint density at radius 2 is 1.94 bits per heavy atom. The van der Waals surface area contributed by atoms with Gasteiger partial charge in [-0.15, -0.1) is 0 Å². The molecule has 0 aliphatic heterocycles. The van der Waals surface area contributed by atoms with Gasteiger partial charge >= 0.3 is 0 Å². The van der Waals surface area contributed by atoms with Crippen molar-refractivity contribution in [2.24, 2.45) is 0 Å². The quantitative estimate of drug-likeness (QED) is 0.772. The molecule has 0 aliphatic rings. The Morgan fingerprint density at radius 1 is 1.24 bits per heavy atom. The number of ether oxygens (including phenoxy) is 2. The Bertz CT molecular complexity index is 361. The van der Waals surface area contributed by atoms with E-state index in [2.05, 4.69) is 11.6 Å². The molecular formula is C12H18ClNO2S. The highest BCUT2D eigenvalue weighted by atomic mass is 35.5. The number of thioether (sulfide) groups is 1. The van der Waals surface area contributed by atoms with Crippen molar-refractivity contribution in [3.8, 4) is 11.5 Å². The van der Waals surface area contributed by atoms with Crippen LogP contribution in [0, 0.1) is 0 Å². The summed E-state index contributed by atoms with van der Waals surface area (Å²) < 4.78 is 10.5. The molecule has 0 saturated heterocycles. The molecule has 0 spiro atoms. The minimum Gasteiger partial charge on any atom is -0.495 e. The van der Waals surface area contributed by atoms with E-state index in [4.69, 9.17) is 21.1 Å². The normalized spacial score (nSPS) is 10.1. The van der Waals surface area contributed by atoms with Crippen molar-refractivity contribution in [3.05, 3.63) is 17.2 Å². The maximum Gasteiger partial charge on any atom is 0.143 e. The zero-order chi connectivity index (χ0) is 12.7. The number of benzene rings is 1. The van der Waals surface area contributed by atoms with E-state index < -0.39 is 0 Å². The fraction of sp³-hybridized carbons (Fsp3) is 0.500. The summed E-state index contributed by atoms with van der Waals surface area (Å²) in [5, 5.41) is 3.88. The molecule has 0 bridgehead atoms. The van der Waals surface area contributed by atoms with Gasteiger partial charge in [0.25, 0.3) is 0 Å². The van der Waals surface area contributed by atoms with E-state index in [0.29, 0.717) is 10.8 Å². The fourth-order valence-electron chi connectivity index (χ4n) is 1.44. The van der Waals surface area contributed by atoms with Crippen molar-refractivity contribution in [2.45, 2.75) is 6.42 Å². The molecular weight excluding hydrogens is 258 g/mol. The Hall–Kier alpha value is -0.740. The highest BCUT2D eigenvalue weighted by molar-refractivity contribution is 7.98. The van der Waals surface area contributed by atoms with Crippen molar-refractivity contribution in [3.63, 3.8) is 0 Å². The first-order valence-electron chi connectivity index (χ1n) is 5.37. The smallest absolute Gasteiger partial charge is 0.143 e. The molecule has 0 heterocycles. The van der Waals surface area contributed by atoms with E-state index in [-0.39, 0.29) is 0 Å². The van der Waals surface area contributed by atoms with Gasteiger partial charge in [0.1, 0.15) is 11.5 Å². The summed E-state index contributed by atoms with van der Waals surface area (Å²) in [4.78, 5) is 0. The average Bonchev–Trinajstić information content (AvgIpc) is 2.35. The molecule has 1 rings (SSSR count). The van der Waals surface area contributed by atoms with Gasteiger partial charge in [-0.25, -0.2) is 0 Å². The van der Waals surface area contributed by atoms with Crippen LogP contribution in [0.2, 0.25) is 5.02 Å². The zero-order valence-electron chi connectivity index (χ0n) is 10.4. The Labute approximate surface area is 112 Å². The molecule has 0 aliphatic carbocycles. The SMILES string of the molecule is COc1cc(NCCCSC)c(OC)cc1Cl. The van der Waals surface area contributed by atoms with E-state index >= 15 is 0 Å². The molecule has 1 N–H and O–H groups in total. The monoisotopic (exact) mass is 275 g/mol. The lowest BCUT2D eigenvalue weighted by atomic mass is 10.2. The molecule has 1 aromatic carbocycles. The maximum absolute atomic E-state index is 6.03. The Kier molecular flexibility index (Phi) is 6.37. The summed E-state index contributed by atoms with van der Waals surface area (Å²) in [6.07, 6.45) is 3.21. The second-order valence-corrected chi connectivity index (χ2v) is 4.85. The van der Waals surface area contributed by atoms with Crippen molar-refractivity contribution in [2.75, 3.05) is 38.1 Å². The van der Waals surface area contributed by atoms with Crippen LogP contribution in [-0.2, 0) is 0 Å². The lowest BCUT2D eigenvalue weighted by Crippen LogP contribution is -2.04. The largest absolute Gasteiger partial charge is 0.495 e. The van der Waals surface area contributed by atoms with Crippen LogP contribution < -0.4 is 14.8 Å². The van der Waals surface area contributed by atoms with Gasteiger partial charge in [0, 0.05) is 18.7 Å². The van der Waals surface area contributed by atoms with Crippen LogP contribution in [0.3, 0.4) is 0 Å². The topological polar surface area (TPSA) is 30.5 Å². The molecule has 1 aromatic rings. The number of methoxy groups -OCH3 is 2. The van der Waals surface area contributed by atoms with Crippen LogP contribution in [0.1, 0.15) is 6.42 Å². The molecule has 5 heteroatoms. The van der Waals surface area contributed by atoms with Gasteiger partial charge in [-0.1, -0.05) is 11.6 Å². The maximum atomic E-state index is 6.03. The summed E-state index contributed by atoms with van der Waals surface area (Å²) in [5.74, 6) is 2.53. The van der Waals surface area contributed by atoms with E-state index in [1.165, 1.54) is 0 Å². The molecule has 0 unspecified atom stereocenters. The van der Waals surface area contributed by atoms with Crippen LogP contribution in [0.15, 0.2) is 12.1 Å². The predicted molar refractivity (Wildman–Crippen MR) is 76.0 cm³/mol. The molecule has 96 valence electrons. The second-order valence-electron chi connectivity index (χ2n) is 3.46. The number of halogens is 1. The highest BCUT2D eigenvalue weighted by Gasteiger charge is 2.09. The third-order valence-electron chi connectivity index (χ3n) is 2.31. The predicted octanol–water partition coefficient (Wildman–Crippen LogP) is 3.52. The first-order valence-corrected chi connectivity index (χ1v) is 7.14. The number of anilines is 1. The van der Waals surface area contributed by atoms with E-state index in [9.17, 15) is 0 Å². The highest BCUT2D eigenvalue weighted by Crippen LogP contribution is 2.35. The summed E-state index contributed by atoms with van der Waals surface area (Å²) >= 11 is 7.87. The molecule has 0 saturated carbocycles. The molecule has 0 fully saturated rings. The van der Waals surface area contributed by atoms with E-state index in [1.54, 1.807) is 20.3 Å². The molecule has 0 radical (unpaired) electrons. The summed E-state index contributed by atoms with van der Waals surface area (Å²) in [7, 11) is 3.23. The standard InChI is InChI=1S/C12H18ClNO2S/c1-15-11-8-10(14-5-4-6-17-3)12(16-2)7-9(11)13/h7-8,14H,4-6H2,1-3H3. The van der Waals surface area contributed by atoms with Gasteiger partial charge in [-0.3, -0.25) is 0 Å².